The van der Waals surface area contributed by atoms with Crippen molar-refractivity contribution in [2.45, 2.75) is 25.9 Å². The van der Waals surface area contributed by atoms with Gasteiger partial charge in [-0.2, -0.15) is 0 Å². The van der Waals surface area contributed by atoms with E-state index in [0.29, 0.717) is 6.04 Å². The molecule has 2 nitrogen and oxygen atoms in total. The van der Waals surface area contributed by atoms with Crippen molar-refractivity contribution in [3.05, 3.63) is 63.1 Å². The first-order chi connectivity index (χ1) is 10.4. The van der Waals surface area contributed by atoms with Crippen molar-refractivity contribution in [2.24, 2.45) is 0 Å². The van der Waals surface area contributed by atoms with Gasteiger partial charge in [0.25, 0.3) is 0 Å². The van der Waals surface area contributed by atoms with Gasteiger partial charge < -0.3 is 5.32 Å². The first-order valence-electron chi connectivity index (χ1n) is 7.13. The minimum Gasteiger partial charge on any atom is -0.303 e. The molecule has 3 rings (SSSR count). The number of hydrogen-bond acceptors (Lipinski definition) is 4. The monoisotopic (exact) mass is 314 g/mol. The summed E-state index contributed by atoms with van der Waals surface area (Å²) < 4.78 is 0. The van der Waals surface area contributed by atoms with Crippen molar-refractivity contribution in [3.63, 3.8) is 0 Å². The van der Waals surface area contributed by atoms with Gasteiger partial charge in [0, 0.05) is 28.4 Å². The largest absolute Gasteiger partial charge is 0.303 e. The van der Waals surface area contributed by atoms with Crippen LogP contribution >= 0.6 is 22.7 Å². The number of nitrogens with zero attached hydrogens (tertiary/aromatic N) is 1. The fourth-order valence-electron chi connectivity index (χ4n) is 2.28. The Morgan fingerprint density at radius 1 is 1.10 bits per heavy atom. The van der Waals surface area contributed by atoms with Crippen molar-refractivity contribution >= 4 is 22.7 Å². The van der Waals surface area contributed by atoms with Crippen LogP contribution in [0.25, 0.3) is 11.3 Å². The zero-order valence-corrected chi connectivity index (χ0v) is 13.6. The van der Waals surface area contributed by atoms with E-state index in [-0.39, 0.29) is 0 Å². The molecule has 0 spiro atoms. The van der Waals surface area contributed by atoms with Crippen LogP contribution in [-0.4, -0.2) is 4.98 Å². The Balaban J connectivity index is 1.65. The van der Waals surface area contributed by atoms with E-state index in [2.05, 4.69) is 59.4 Å². The molecule has 2 aromatic heterocycles. The summed E-state index contributed by atoms with van der Waals surface area (Å²) >= 11 is 3.54. The van der Waals surface area contributed by atoms with Crippen LogP contribution in [0.4, 0.5) is 0 Å². The van der Waals surface area contributed by atoms with Gasteiger partial charge >= 0.3 is 0 Å². The van der Waals surface area contributed by atoms with Crippen LogP contribution in [0.3, 0.4) is 0 Å². The zero-order chi connectivity index (χ0) is 14.5. The van der Waals surface area contributed by atoms with Crippen molar-refractivity contribution in [1.29, 1.82) is 0 Å². The van der Waals surface area contributed by atoms with E-state index in [1.54, 1.807) is 11.3 Å². The molecule has 0 radical (unpaired) electrons. The molecule has 2 heterocycles. The Morgan fingerprint density at radius 2 is 1.95 bits per heavy atom. The Labute approximate surface area is 133 Å². The van der Waals surface area contributed by atoms with E-state index < -0.39 is 0 Å². The third kappa shape index (κ3) is 3.59. The fourth-order valence-corrected chi connectivity index (χ4v) is 3.92. The van der Waals surface area contributed by atoms with Gasteiger partial charge in [-0.3, -0.25) is 0 Å². The molecule has 1 atom stereocenters. The van der Waals surface area contributed by atoms with E-state index in [1.807, 2.05) is 17.4 Å². The molecule has 0 saturated carbocycles. The lowest BCUT2D eigenvalue weighted by Crippen LogP contribution is -2.19. The molecular weight excluding hydrogens is 296 g/mol. The minimum atomic E-state index is 0.425. The van der Waals surface area contributed by atoms with E-state index in [0.717, 1.165) is 23.7 Å². The second-order valence-electron chi connectivity index (χ2n) is 4.85. The van der Waals surface area contributed by atoms with Crippen LogP contribution in [0.1, 0.15) is 29.3 Å². The van der Waals surface area contributed by atoms with Crippen LogP contribution in [0.5, 0.6) is 0 Å². The van der Waals surface area contributed by atoms with Gasteiger partial charge in [0.1, 0.15) is 5.01 Å². The number of nitrogens with one attached hydrogen (secondary N) is 1. The highest BCUT2D eigenvalue weighted by Crippen LogP contribution is 2.24. The van der Waals surface area contributed by atoms with Crippen molar-refractivity contribution in [3.8, 4) is 11.3 Å². The second kappa shape index (κ2) is 6.98. The summed E-state index contributed by atoms with van der Waals surface area (Å²) in [6, 6.07) is 15.1. The van der Waals surface area contributed by atoms with Gasteiger partial charge in [0.2, 0.25) is 0 Å². The summed E-state index contributed by atoms with van der Waals surface area (Å²) in [5, 5.41) is 9.03. The van der Waals surface area contributed by atoms with Crippen LogP contribution in [0.15, 0.2) is 53.2 Å². The number of thiazole rings is 1. The third-order valence-corrected chi connectivity index (χ3v) is 5.25. The molecule has 108 valence electrons. The predicted molar refractivity (Wildman–Crippen MR) is 91.7 cm³/mol. The lowest BCUT2D eigenvalue weighted by molar-refractivity contribution is 0.526. The van der Waals surface area contributed by atoms with Gasteiger partial charge in [-0.1, -0.05) is 43.3 Å². The lowest BCUT2D eigenvalue weighted by Gasteiger charge is -2.14. The van der Waals surface area contributed by atoms with E-state index in [4.69, 9.17) is 4.98 Å². The standard InChI is InChI=1S/C17H18N2S2/c1-2-14(16-9-6-10-20-16)18-11-17-19-15(12-21-17)13-7-4-3-5-8-13/h3-10,12,14,18H,2,11H2,1H3. The third-order valence-electron chi connectivity index (χ3n) is 3.42. The Bertz CT molecular complexity index is 659. The second-order valence-corrected chi connectivity index (χ2v) is 6.77. The highest BCUT2D eigenvalue weighted by atomic mass is 32.1. The molecule has 0 fully saturated rings. The highest BCUT2D eigenvalue weighted by Gasteiger charge is 2.11. The number of benzene rings is 1. The molecule has 0 bridgehead atoms. The van der Waals surface area contributed by atoms with Gasteiger partial charge in [0.15, 0.2) is 0 Å². The molecule has 0 aliphatic rings. The summed E-state index contributed by atoms with van der Waals surface area (Å²) in [5.74, 6) is 0. The van der Waals surface area contributed by atoms with Crippen LogP contribution < -0.4 is 5.32 Å². The molecule has 1 N–H and O–H groups in total. The summed E-state index contributed by atoms with van der Waals surface area (Å²) in [4.78, 5) is 6.13. The van der Waals surface area contributed by atoms with Crippen LogP contribution in [-0.2, 0) is 6.54 Å². The average Bonchev–Trinajstić information content (AvgIpc) is 3.20. The molecule has 0 aliphatic heterocycles. The Morgan fingerprint density at radius 3 is 2.67 bits per heavy atom. The van der Waals surface area contributed by atoms with Gasteiger partial charge in [0.05, 0.1) is 5.69 Å². The van der Waals surface area contributed by atoms with Crippen LogP contribution in [0.2, 0.25) is 0 Å². The quantitative estimate of drug-likeness (QED) is 0.683. The molecule has 4 heteroatoms. The molecular formula is C17H18N2S2. The lowest BCUT2D eigenvalue weighted by atomic mass is 10.2. The molecule has 21 heavy (non-hydrogen) atoms. The van der Waals surface area contributed by atoms with Crippen LogP contribution in [0, 0.1) is 0 Å². The summed E-state index contributed by atoms with van der Waals surface area (Å²) in [6.07, 6.45) is 1.09. The van der Waals surface area contributed by atoms with Gasteiger partial charge in [-0.15, -0.1) is 22.7 Å². The maximum atomic E-state index is 4.73. The zero-order valence-electron chi connectivity index (χ0n) is 12.0. The van der Waals surface area contributed by atoms with E-state index >= 15 is 0 Å². The SMILES string of the molecule is CCC(NCc1nc(-c2ccccc2)cs1)c1cccs1. The smallest absolute Gasteiger partial charge is 0.107 e. The first kappa shape index (κ1) is 14.4. The highest BCUT2D eigenvalue weighted by molar-refractivity contribution is 7.10. The maximum absolute atomic E-state index is 4.73. The fraction of sp³-hybridized carbons (Fsp3) is 0.235. The van der Waals surface area contributed by atoms with E-state index in [9.17, 15) is 0 Å². The number of aromatic nitrogens is 1. The number of hydrogen-bond donors (Lipinski definition) is 1. The normalized spacial score (nSPS) is 12.4. The number of thiophene rings is 1. The molecule has 0 aliphatic carbocycles. The first-order valence-corrected chi connectivity index (χ1v) is 8.89. The molecule has 1 unspecified atom stereocenters. The van der Waals surface area contributed by atoms with Gasteiger partial charge in [-0.05, 0) is 17.9 Å². The molecule has 0 amide bonds. The summed E-state index contributed by atoms with van der Waals surface area (Å²) in [7, 11) is 0. The van der Waals surface area contributed by atoms with Crippen molar-refractivity contribution < 1.29 is 0 Å². The van der Waals surface area contributed by atoms with Crippen molar-refractivity contribution in [2.75, 3.05) is 0 Å². The molecule has 1 aromatic carbocycles. The molecule has 0 saturated heterocycles. The topological polar surface area (TPSA) is 24.9 Å². The average molecular weight is 314 g/mol. The van der Waals surface area contributed by atoms with Crippen molar-refractivity contribution in [1.82, 2.24) is 10.3 Å². The minimum absolute atomic E-state index is 0.425. The maximum Gasteiger partial charge on any atom is 0.107 e. The van der Waals surface area contributed by atoms with E-state index in [1.165, 1.54) is 10.4 Å². The Hall–Kier alpha value is -1.49. The Kier molecular flexibility index (Phi) is 4.80. The summed E-state index contributed by atoms with van der Waals surface area (Å²) in [6.45, 7) is 3.04. The molecule has 3 aromatic rings. The van der Waals surface area contributed by atoms with Gasteiger partial charge in [-0.25, -0.2) is 4.98 Å². The predicted octanol–water partition coefficient (Wildman–Crippen LogP) is 5.11. The summed E-state index contributed by atoms with van der Waals surface area (Å²) in [5.41, 5.74) is 2.26. The number of rotatable bonds is 6.